The van der Waals surface area contributed by atoms with Crippen LogP contribution in [0.2, 0.25) is 10.9 Å². The molecule has 87 valence electrons. The molecule has 1 radical (unpaired) electrons. The molecular weight excluding hydrogens is 271 g/mol. The molecule has 0 spiro atoms. The Labute approximate surface area is 105 Å². The predicted octanol–water partition coefficient (Wildman–Crippen LogP) is 3.01. The van der Waals surface area contributed by atoms with Crippen molar-refractivity contribution < 1.29 is 4.74 Å². The molecule has 0 bridgehead atoms. The van der Waals surface area contributed by atoms with Gasteiger partial charge in [0.05, 0.1) is 0 Å². The van der Waals surface area contributed by atoms with Crippen LogP contribution in [0.4, 0.5) is 0 Å². The maximum atomic E-state index is 6.02. The Balaban J connectivity index is 2.28. The van der Waals surface area contributed by atoms with Crippen LogP contribution in [0.5, 0.6) is 11.5 Å². The van der Waals surface area contributed by atoms with E-state index in [1.54, 1.807) is 0 Å². The maximum absolute atomic E-state index is 6.02. The van der Waals surface area contributed by atoms with Crippen molar-refractivity contribution in [3.63, 3.8) is 0 Å². The van der Waals surface area contributed by atoms with Gasteiger partial charge in [-0.3, -0.25) is 0 Å². The van der Waals surface area contributed by atoms with Gasteiger partial charge >= 0.3 is 105 Å². The van der Waals surface area contributed by atoms with Gasteiger partial charge in [-0.05, 0) is 0 Å². The Bertz CT molecular complexity index is 517. The molecule has 2 heteroatoms. The minimum absolute atomic E-state index is 1.07. The van der Waals surface area contributed by atoms with Gasteiger partial charge < -0.3 is 0 Å². The van der Waals surface area contributed by atoms with Crippen molar-refractivity contribution in [2.45, 2.75) is 17.8 Å². The molecule has 2 aromatic carbocycles. The van der Waals surface area contributed by atoms with Gasteiger partial charge in [0.2, 0.25) is 0 Å². The molecule has 1 nitrogen and oxygen atoms in total. The van der Waals surface area contributed by atoms with Crippen LogP contribution in [0, 0.1) is 0 Å². The molecule has 0 unspecified atom stereocenters. The van der Waals surface area contributed by atoms with Crippen molar-refractivity contribution in [3.8, 4) is 11.5 Å². The van der Waals surface area contributed by atoms with Crippen molar-refractivity contribution in [2.24, 2.45) is 0 Å². The number of para-hydroxylation sites is 2. The van der Waals surface area contributed by atoms with Crippen LogP contribution in [0.25, 0.3) is 0 Å². The van der Waals surface area contributed by atoms with Crippen LogP contribution in [0.1, 0.15) is 6.92 Å². The second-order valence-electron chi connectivity index (χ2n) is 4.55. The van der Waals surface area contributed by atoms with Crippen LogP contribution < -0.4 is 13.4 Å². The van der Waals surface area contributed by atoms with Gasteiger partial charge in [0.25, 0.3) is 0 Å². The molecule has 0 saturated carbocycles. The van der Waals surface area contributed by atoms with Crippen molar-refractivity contribution >= 4 is 22.3 Å². The molecule has 0 saturated heterocycles. The third kappa shape index (κ3) is 1.53. The Morgan fingerprint density at radius 1 is 0.882 bits per heavy atom. The molecule has 0 N–H and O–H groups in total. The van der Waals surface area contributed by atoms with Gasteiger partial charge in [-0.2, -0.15) is 0 Å². The van der Waals surface area contributed by atoms with Gasteiger partial charge in [0.15, 0.2) is 0 Å². The molecular formula is C15H16AsO. The molecule has 0 aliphatic carbocycles. The molecule has 0 fully saturated rings. The quantitative estimate of drug-likeness (QED) is 0.733. The van der Waals surface area contributed by atoms with Crippen molar-refractivity contribution in [1.82, 2.24) is 0 Å². The van der Waals surface area contributed by atoms with Crippen molar-refractivity contribution in [1.29, 1.82) is 0 Å². The van der Waals surface area contributed by atoms with Crippen LogP contribution in [0.15, 0.2) is 48.5 Å². The summed E-state index contributed by atoms with van der Waals surface area (Å²) in [5.74, 6) is 2.14. The molecule has 0 atom stereocenters. The fraction of sp³-hybridized carbons (Fsp3) is 0.200. The standard InChI is InChI=1S/C15H16AsO/c1-3-16(2)12-8-4-6-10-14(12)17-15-11-7-5-9-13(15)16/h4-11H,3H2,1-2H3. The van der Waals surface area contributed by atoms with E-state index >= 15 is 0 Å². The molecule has 1 aliphatic heterocycles. The molecule has 1 heterocycles. The van der Waals surface area contributed by atoms with Crippen LogP contribution >= 0.6 is 0 Å². The third-order valence-corrected chi connectivity index (χ3v) is 12.3. The van der Waals surface area contributed by atoms with E-state index in [1.807, 2.05) is 0 Å². The zero-order valence-electron chi connectivity index (χ0n) is 10.2. The summed E-state index contributed by atoms with van der Waals surface area (Å²) in [7, 11) is 0. The van der Waals surface area contributed by atoms with E-state index in [0.29, 0.717) is 0 Å². The molecule has 0 aromatic heterocycles. The average Bonchev–Trinajstić information content (AvgIpc) is 2.39. The molecule has 17 heavy (non-hydrogen) atoms. The van der Waals surface area contributed by atoms with Gasteiger partial charge in [-0.15, -0.1) is 0 Å². The van der Waals surface area contributed by atoms with Gasteiger partial charge in [0, 0.05) is 0 Å². The zero-order valence-corrected chi connectivity index (χ0v) is 12.1. The zero-order chi connectivity index (χ0) is 11.9. The average molecular weight is 287 g/mol. The summed E-state index contributed by atoms with van der Waals surface area (Å²) in [5.41, 5.74) is 2.47. The third-order valence-electron chi connectivity index (χ3n) is 3.65. The minimum atomic E-state index is -1.97. The first kappa shape index (κ1) is 10.9. The van der Waals surface area contributed by atoms with E-state index in [2.05, 4.69) is 61.2 Å². The predicted molar refractivity (Wildman–Crippen MR) is 74.3 cm³/mol. The normalized spacial score (nSPS) is 15.6. The number of hydrogen-bond donors (Lipinski definition) is 0. The number of fused-ring (bicyclic) bond motifs is 2. The van der Waals surface area contributed by atoms with E-state index in [9.17, 15) is 0 Å². The van der Waals surface area contributed by atoms with Gasteiger partial charge in [-0.25, -0.2) is 0 Å². The first-order valence-corrected chi connectivity index (χ1v) is 11.1. The van der Waals surface area contributed by atoms with E-state index < -0.39 is 13.6 Å². The van der Waals surface area contributed by atoms with Gasteiger partial charge in [0.1, 0.15) is 0 Å². The Kier molecular flexibility index (Phi) is 2.52. The van der Waals surface area contributed by atoms with Crippen molar-refractivity contribution in [2.75, 3.05) is 0 Å². The molecule has 1 aliphatic rings. The summed E-state index contributed by atoms with van der Waals surface area (Å²) in [6, 6.07) is 17.1. The number of rotatable bonds is 1. The fourth-order valence-corrected chi connectivity index (χ4v) is 8.75. The van der Waals surface area contributed by atoms with E-state index in [0.717, 1.165) is 11.5 Å². The van der Waals surface area contributed by atoms with Gasteiger partial charge in [-0.1, -0.05) is 0 Å². The molecule has 0 amide bonds. The monoisotopic (exact) mass is 287 g/mol. The summed E-state index contributed by atoms with van der Waals surface area (Å²) < 4.78 is 8.95. The second kappa shape index (κ2) is 3.92. The van der Waals surface area contributed by atoms with Crippen LogP contribution in [0.3, 0.4) is 0 Å². The Hall–Kier alpha value is -1.20. The summed E-state index contributed by atoms with van der Waals surface area (Å²) in [6.07, 6.45) is 0. The Morgan fingerprint density at radius 3 is 1.82 bits per heavy atom. The molecule has 3 rings (SSSR count). The fourth-order valence-electron chi connectivity index (χ4n) is 2.49. The van der Waals surface area contributed by atoms with Crippen LogP contribution in [-0.2, 0) is 0 Å². The second-order valence-corrected chi connectivity index (χ2v) is 12.9. The van der Waals surface area contributed by atoms with E-state index in [-0.39, 0.29) is 0 Å². The first-order chi connectivity index (χ1) is 8.25. The number of ether oxygens (including phenoxy) is 1. The number of hydrogen-bond acceptors (Lipinski definition) is 1. The van der Waals surface area contributed by atoms with E-state index in [4.69, 9.17) is 4.74 Å². The molecule has 2 aromatic rings. The topological polar surface area (TPSA) is 9.23 Å². The summed E-state index contributed by atoms with van der Waals surface area (Å²) in [4.78, 5) is 0. The van der Waals surface area contributed by atoms with Crippen molar-refractivity contribution in [3.05, 3.63) is 48.5 Å². The first-order valence-electron chi connectivity index (χ1n) is 5.98. The summed E-state index contributed by atoms with van der Waals surface area (Å²) in [6.45, 7) is 2.31. The van der Waals surface area contributed by atoms with Crippen LogP contribution in [-0.4, -0.2) is 13.6 Å². The number of benzene rings is 2. The summed E-state index contributed by atoms with van der Waals surface area (Å²) in [5, 5.41) is 1.25. The summed E-state index contributed by atoms with van der Waals surface area (Å²) >= 11 is -1.97. The van der Waals surface area contributed by atoms with E-state index in [1.165, 1.54) is 13.9 Å². The SMILES string of the molecule is CC[As]1(C)c2ccccc2Oc2ccccc21. The Morgan fingerprint density at radius 2 is 1.35 bits per heavy atom.